The lowest BCUT2D eigenvalue weighted by Gasteiger charge is -2.22. The van der Waals surface area contributed by atoms with Crippen molar-refractivity contribution in [3.8, 4) is 0 Å². The maximum atomic E-state index is 11.8. The number of amides is 1. The van der Waals surface area contributed by atoms with Gasteiger partial charge in [0.1, 0.15) is 0 Å². The van der Waals surface area contributed by atoms with E-state index in [0.29, 0.717) is 24.8 Å². The van der Waals surface area contributed by atoms with Gasteiger partial charge in [-0.2, -0.15) is 0 Å². The lowest BCUT2D eigenvalue weighted by molar-refractivity contribution is -0.142. The Morgan fingerprint density at radius 3 is 2.28 bits per heavy atom. The fourth-order valence-corrected chi connectivity index (χ4v) is 2.61. The molecule has 1 aromatic carbocycles. The first-order chi connectivity index (χ1) is 11.5. The van der Waals surface area contributed by atoms with Crippen LogP contribution in [0.2, 0.25) is 0 Å². The van der Waals surface area contributed by atoms with Crippen molar-refractivity contribution in [2.75, 3.05) is 0 Å². The molecule has 1 aromatic rings. The zero-order valence-corrected chi connectivity index (χ0v) is 15.3. The lowest BCUT2D eigenvalue weighted by atomic mass is 9.83. The van der Waals surface area contributed by atoms with Gasteiger partial charge in [0.2, 0.25) is 5.91 Å². The zero-order chi connectivity index (χ0) is 19.2. The third-order valence-electron chi connectivity index (χ3n) is 4.18. The maximum absolute atomic E-state index is 11.8. The number of carbonyl (C=O) groups is 3. The highest BCUT2D eigenvalue weighted by Crippen LogP contribution is 2.27. The molecule has 0 fully saturated rings. The van der Waals surface area contributed by atoms with Crippen LogP contribution in [0.1, 0.15) is 68.4 Å². The molecule has 3 N–H and O–H groups in total. The Morgan fingerprint density at radius 2 is 1.80 bits per heavy atom. The number of Topliss-reactive ketones (excluding diaryl/α,β-unsaturated/α-hetero) is 1. The topological polar surface area (TPSA) is 104 Å². The molecule has 1 amide bonds. The van der Waals surface area contributed by atoms with Crippen molar-refractivity contribution in [1.29, 1.82) is 0 Å². The van der Waals surface area contributed by atoms with Crippen LogP contribution in [0.25, 0.3) is 0 Å². The van der Waals surface area contributed by atoms with Gasteiger partial charge in [0, 0.05) is 12.0 Å². The molecule has 1 atom stereocenters. The molecule has 0 aromatic heterocycles. The molecule has 0 aliphatic carbocycles. The monoisotopic (exact) mass is 349 g/mol. The smallest absolute Gasteiger partial charge is 0.306 e. The van der Waals surface area contributed by atoms with E-state index >= 15 is 0 Å². The number of hydrogen-bond donors (Lipinski definition) is 3. The van der Waals surface area contributed by atoms with Crippen LogP contribution in [-0.2, 0) is 21.4 Å². The van der Waals surface area contributed by atoms with Crippen LogP contribution in [-0.4, -0.2) is 28.0 Å². The van der Waals surface area contributed by atoms with E-state index in [1.165, 1.54) is 12.4 Å². The van der Waals surface area contributed by atoms with Crippen LogP contribution in [0.15, 0.2) is 18.2 Å². The van der Waals surface area contributed by atoms with Crippen molar-refractivity contribution >= 4 is 17.7 Å². The van der Waals surface area contributed by atoms with E-state index in [-0.39, 0.29) is 17.6 Å². The Labute approximate surface area is 148 Å². The summed E-state index contributed by atoms with van der Waals surface area (Å²) < 4.78 is 0. The molecule has 0 radical (unpaired) electrons. The summed E-state index contributed by atoms with van der Waals surface area (Å²) in [6, 6.07) is 5.55. The Bertz CT molecular complexity index is 646. The minimum Gasteiger partial charge on any atom is -0.481 e. The zero-order valence-electron chi connectivity index (χ0n) is 15.3. The highest BCUT2D eigenvalue weighted by molar-refractivity contribution is 5.94. The van der Waals surface area contributed by atoms with Gasteiger partial charge in [0.05, 0.1) is 5.92 Å². The Balaban J connectivity index is 3.00. The molecule has 6 nitrogen and oxygen atoms in total. The summed E-state index contributed by atoms with van der Waals surface area (Å²) in [5, 5.41) is 17.9. The first kappa shape index (κ1) is 20.8. The van der Waals surface area contributed by atoms with Gasteiger partial charge < -0.3 is 5.11 Å². The van der Waals surface area contributed by atoms with Crippen molar-refractivity contribution in [2.45, 2.75) is 58.8 Å². The average Bonchev–Trinajstić information content (AvgIpc) is 2.52. The number of rotatable bonds is 8. The van der Waals surface area contributed by atoms with Gasteiger partial charge in [-0.3, -0.25) is 19.6 Å². The maximum Gasteiger partial charge on any atom is 0.306 e. The Kier molecular flexibility index (Phi) is 7.30. The molecule has 1 unspecified atom stereocenters. The molecule has 6 heteroatoms. The van der Waals surface area contributed by atoms with Crippen LogP contribution in [0.3, 0.4) is 0 Å². The highest BCUT2D eigenvalue weighted by atomic mass is 16.5. The summed E-state index contributed by atoms with van der Waals surface area (Å²) >= 11 is 0. The summed E-state index contributed by atoms with van der Waals surface area (Å²) in [7, 11) is 0. The van der Waals surface area contributed by atoms with Crippen molar-refractivity contribution < 1.29 is 24.7 Å². The number of carboxylic acid groups (broad SMARTS) is 1. The summed E-state index contributed by atoms with van der Waals surface area (Å²) in [6.45, 7) is 7.61. The standard InChI is InChI=1S/C19H27NO5/c1-12(21)15-9-13(10-16(11-15)19(2,3)4)8-14(18(23)24)6-5-7-17(22)20-25/h9-11,14,25H,5-8H2,1-4H3,(H,20,22)(H,23,24). The van der Waals surface area contributed by atoms with E-state index < -0.39 is 17.8 Å². The summed E-state index contributed by atoms with van der Waals surface area (Å²) in [5.41, 5.74) is 3.75. The van der Waals surface area contributed by atoms with Gasteiger partial charge in [-0.1, -0.05) is 26.8 Å². The van der Waals surface area contributed by atoms with Crippen molar-refractivity contribution in [3.05, 3.63) is 34.9 Å². The number of benzene rings is 1. The molecule has 0 saturated carbocycles. The number of hydroxylamine groups is 1. The fourth-order valence-electron chi connectivity index (χ4n) is 2.61. The summed E-state index contributed by atoms with van der Waals surface area (Å²) in [4.78, 5) is 34.4. The number of aliphatic carboxylic acids is 1. The van der Waals surface area contributed by atoms with Crippen LogP contribution >= 0.6 is 0 Å². The number of carbonyl (C=O) groups excluding carboxylic acids is 2. The predicted octanol–water partition coefficient (Wildman–Crippen LogP) is 3.11. The Morgan fingerprint density at radius 1 is 1.16 bits per heavy atom. The molecular weight excluding hydrogens is 322 g/mol. The van der Waals surface area contributed by atoms with Gasteiger partial charge in [-0.05, 0) is 54.9 Å². The van der Waals surface area contributed by atoms with E-state index in [9.17, 15) is 19.5 Å². The second kappa shape index (κ2) is 8.76. The fraction of sp³-hybridized carbons (Fsp3) is 0.526. The number of carboxylic acids is 1. The lowest BCUT2D eigenvalue weighted by Crippen LogP contribution is -2.21. The normalized spacial score (nSPS) is 12.5. The quantitative estimate of drug-likeness (QED) is 0.380. The minimum absolute atomic E-state index is 0.0566. The van der Waals surface area contributed by atoms with Crippen molar-refractivity contribution in [1.82, 2.24) is 5.48 Å². The molecule has 138 valence electrons. The molecule has 0 heterocycles. The van der Waals surface area contributed by atoms with E-state index in [1.54, 1.807) is 6.07 Å². The van der Waals surface area contributed by atoms with Crippen molar-refractivity contribution in [3.63, 3.8) is 0 Å². The highest BCUT2D eigenvalue weighted by Gasteiger charge is 2.21. The van der Waals surface area contributed by atoms with Gasteiger partial charge in [0.15, 0.2) is 5.78 Å². The second-order valence-corrected chi connectivity index (χ2v) is 7.39. The molecule has 0 saturated heterocycles. The van der Waals surface area contributed by atoms with Gasteiger partial charge in [-0.15, -0.1) is 0 Å². The van der Waals surface area contributed by atoms with Crippen LogP contribution < -0.4 is 5.48 Å². The van der Waals surface area contributed by atoms with Gasteiger partial charge >= 0.3 is 5.97 Å². The molecule has 0 aliphatic heterocycles. The average molecular weight is 349 g/mol. The first-order valence-electron chi connectivity index (χ1n) is 8.35. The van der Waals surface area contributed by atoms with E-state index in [1.807, 2.05) is 32.9 Å². The van der Waals surface area contributed by atoms with E-state index in [4.69, 9.17) is 5.21 Å². The predicted molar refractivity (Wildman–Crippen MR) is 93.8 cm³/mol. The largest absolute Gasteiger partial charge is 0.481 e. The molecule has 1 rings (SSSR count). The minimum atomic E-state index is -0.935. The second-order valence-electron chi connectivity index (χ2n) is 7.39. The van der Waals surface area contributed by atoms with Crippen LogP contribution in [0.5, 0.6) is 0 Å². The SMILES string of the molecule is CC(=O)c1cc(CC(CCCC(=O)NO)C(=O)O)cc(C(C)(C)C)c1. The molecule has 0 aliphatic rings. The molecule has 0 bridgehead atoms. The summed E-state index contributed by atoms with van der Waals surface area (Å²) in [6.07, 6.45) is 1.04. The number of hydrogen-bond acceptors (Lipinski definition) is 4. The summed E-state index contributed by atoms with van der Waals surface area (Å²) in [5.74, 6) is -2.17. The van der Waals surface area contributed by atoms with E-state index in [0.717, 1.165) is 11.1 Å². The third-order valence-corrected chi connectivity index (χ3v) is 4.18. The third kappa shape index (κ3) is 6.66. The first-order valence-corrected chi connectivity index (χ1v) is 8.35. The Hall–Kier alpha value is -2.21. The van der Waals surface area contributed by atoms with E-state index in [2.05, 4.69) is 0 Å². The van der Waals surface area contributed by atoms with Crippen LogP contribution in [0, 0.1) is 5.92 Å². The van der Waals surface area contributed by atoms with Crippen molar-refractivity contribution in [2.24, 2.45) is 5.92 Å². The molecular formula is C19H27NO5. The number of ketones is 1. The van der Waals surface area contributed by atoms with Gasteiger partial charge in [0.25, 0.3) is 0 Å². The van der Waals surface area contributed by atoms with Gasteiger partial charge in [-0.25, -0.2) is 5.48 Å². The molecule has 25 heavy (non-hydrogen) atoms. The number of nitrogens with one attached hydrogen (secondary N) is 1. The van der Waals surface area contributed by atoms with Crippen LogP contribution in [0.4, 0.5) is 0 Å². The molecule has 0 spiro atoms.